The van der Waals surface area contributed by atoms with Crippen LogP contribution in [0.3, 0.4) is 0 Å². The Kier molecular flexibility index (Phi) is 3.15. The molecule has 2 heterocycles. The minimum Gasteiger partial charge on any atom is -0.375 e. The lowest BCUT2D eigenvalue weighted by Gasteiger charge is -2.03. The van der Waals surface area contributed by atoms with Crippen molar-refractivity contribution in [3.8, 4) is 21.7 Å². The molecule has 20 heavy (non-hydrogen) atoms. The number of nitrogen functional groups attached to an aromatic ring is 1. The van der Waals surface area contributed by atoms with Gasteiger partial charge in [0, 0.05) is 18.0 Å². The smallest absolute Gasteiger partial charge is 0.181 e. The van der Waals surface area contributed by atoms with Crippen LogP contribution >= 0.6 is 11.3 Å². The van der Waals surface area contributed by atoms with Gasteiger partial charge in [-0.1, -0.05) is 11.3 Å². The van der Waals surface area contributed by atoms with Gasteiger partial charge in [-0.15, -0.1) is 0 Å². The number of rotatable bonds is 2. The quantitative estimate of drug-likeness (QED) is 0.782. The number of anilines is 1. The standard InChI is InChI=1S/C14H9F2N3S/c15-10-2-1-9(7-11(10)16)12-13(20-14(17)19-12)8-3-5-18-6-4-8/h1-7H,(H2,17,19). The topological polar surface area (TPSA) is 51.8 Å². The molecule has 2 aromatic heterocycles. The van der Waals surface area contributed by atoms with Crippen LogP contribution in [0.2, 0.25) is 0 Å². The van der Waals surface area contributed by atoms with Gasteiger partial charge in [-0.05, 0) is 35.9 Å². The van der Waals surface area contributed by atoms with E-state index >= 15 is 0 Å². The molecule has 3 aromatic rings. The summed E-state index contributed by atoms with van der Waals surface area (Å²) in [5.74, 6) is -1.79. The number of nitrogens with two attached hydrogens (primary N) is 1. The van der Waals surface area contributed by atoms with Crippen molar-refractivity contribution in [1.29, 1.82) is 0 Å². The molecule has 1 aromatic carbocycles. The fourth-order valence-corrected chi connectivity index (χ4v) is 2.73. The van der Waals surface area contributed by atoms with E-state index in [1.165, 1.54) is 17.4 Å². The van der Waals surface area contributed by atoms with Gasteiger partial charge >= 0.3 is 0 Å². The molecule has 0 amide bonds. The molecule has 0 fully saturated rings. The average molecular weight is 289 g/mol. The van der Waals surface area contributed by atoms with E-state index in [-0.39, 0.29) is 0 Å². The van der Waals surface area contributed by atoms with Gasteiger partial charge in [-0.25, -0.2) is 13.8 Å². The van der Waals surface area contributed by atoms with E-state index in [0.29, 0.717) is 16.4 Å². The molecule has 100 valence electrons. The van der Waals surface area contributed by atoms with E-state index in [2.05, 4.69) is 9.97 Å². The Bertz CT molecular complexity index is 756. The van der Waals surface area contributed by atoms with E-state index in [1.54, 1.807) is 12.4 Å². The molecule has 3 nitrogen and oxygen atoms in total. The van der Waals surface area contributed by atoms with E-state index < -0.39 is 11.6 Å². The van der Waals surface area contributed by atoms with Crippen molar-refractivity contribution in [2.24, 2.45) is 0 Å². The molecule has 2 N–H and O–H groups in total. The molecule has 0 unspecified atom stereocenters. The van der Waals surface area contributed by atoms with Crippen molar-refractivity contribution in [1.82, 2.24) is 9.97 Å². The van der Waals surface area contributed by atoms with Crippen molar-refractivity contribution in [3.05, 3.63) is 54.4 Å². The highest BCUT2D eigenvalue weighted by Gasteiger charge is 2.15. The Hall–Kier alpha value is -2.34. The normalized spacial score (nSPS) is 10.7. The van der Waals surface area contributed by atoms with Gasteiger partial charge < -0.3 is 5.73 Å². The molecule has 0 aliphatic rings. The maximum Gasteiger partial charge on any atom is 0.181 e. The number of hydrogen-bond acceptors (Lipinski definition) is 4. The highest BCUT2D eigenvalue weighted by Crippen LogP contribution is 2.37. The molecule has 0 saturated heterocycles. The van der Waals surface area contributed by atoms with Crippen LogP contribution in [-0.2, 0) is 0 Å². The highest BCUT2D eigenvalue weighted by atomic mass is 32.1. The van der Waals surface area contributed by atoms with Crippen molar-refractivity contribution in [3.63, 3.8) is 0 Å². The Balaban J connectivity index is 2.17. The number of pyridine rings is 1. The first-order chi connectivity index (χ1) is 9.65. The maximum atomic E-state index is 13.4. The zero-order chi connectivity index (χ0) is 14.1. The molecule has 0 aliphatic carbocycles. The maximum absolute atomic E-state index is 13.4. The van der Waals surface area contributed by atoms with E-state index in [9.17, 15) is 8.78 Å². The highest BCUT2D eigenvalue weighted by molar-refractivity contribution is 7.19. The minimum atomic E-state index is -0.908. The first-order valence-electron chi connectivity index (χ1n) is 5.77. The summed E-state index contributed by atoms with van der Waals surface area (Å²) in [4.78, 5) is 8.97. The van der Waals surface area contributed by atoms with Crippen LogP contribution in [0.5, 0.6) is 0 Å². The third-order valence-electron chi connectivity index (χ3n) is 2.78. The third-order valence-corrected chi connectivity index (χ3v) is 3.71. The molecule has 0 aliphatic heterocycles. The Morgan fingerprint density at radius 3 is 2.40 bits per heavy atom. The minimum absolute atomic E-state index is 0.372. The first kappa shape index (κ1) is 12.7. The van der Waals surface area contributed by atoms with Crippen LogP contribution in [0.4, 0.5) is 13.9 Å². The van der Waals surface area contributed by atoms with Crippen molar-refractivity contribution < 1.29 is 8.78 Å². The van der Waals surface area contributed by atoms with Crippen LogP contribution in [0.25, 0.3) is 21.7 Å². The number of hydrogen-bond donors (Lipinski definition) is 1. The zero-order valence-electron chi connectivity index (χ0n) is 10.2. The molecule has 3 rings (SSSR count). The Morgan fingerprint density at radius 1 is 0.950 bits per heavy atom. The number of nitrogens with zero attached hydrogens (tertiary/aromatic N) is 2. The molecular formula is C14H9F2N3S. The fraction of sp³-hybridized carbons (Fsp3) is 0. The molecule has 0 radical (unpaired) electrons. The Morgan fingerprint density at radius 2 is 1.70 bits per heavy atom. The summed E-state index contributed by atoms with van der Waals surface area (Å²) in [7, 11) is 0. The second-order valence-corrected chi connectivity index (χ2v) is 5.13. The third kappa shape index (κ3) is 2.25. The SMILES string of the molecule is Nc1nc(-c2ccc(F)c(F)c2)c(-c2ccncc2)s1. The van der Waals surface area contributed by atoms with Crippen LogP contribution in [-0.4, -0.2) is 9.97 Å². The largest absolute Gasteiger partial charge is 0.375 e. The number of aromatic nitrogens is 2. The van der Waals surface area contributed by atoms with Crippen LogP contribution in [0, 0.1) is 11.6 Å². The summed E-state index contributed by atoms with van der Waals surface area (Å²) in [5.41, 5.74) is 7.66. The molecule has 0 bridgehead atoms. The van der Waals surface area contributed by atoms with Crippen LogP contribution in [0.1, 0.15) is 0 Å². The van der Waals surface area contributed by atoms with E-state index in [0.717, 1.165) is 22.6 Å². The molecule has 6 heteroatoms. The summed E-state index contributed by atoms with van der Waals surface area (Å²) in [5, 5.41) is 0.372. The lowest BCUT2D eigenvalue weighted by molar-refractivity contribution is 0.509. The van der Waals surface area contributed by atoms with Gasteiger partial charge in [0.25, 0.3) is 0 Å². The summed E-state index contributed by atoms with van der Waals surface area (Å²) < 4.78 is 26.4. The molecule has 0 saturated carbocycles. The van der Waals surface area contributed by atoms with Gasteiger partial charge in [-0.2, -0.15) is 0 Å². The van der Waals surface area contributed by atoms with Crippen LogP contribution < -0.4 is 5.73 Å². The molecular weight excluding hydrogens is 280 g/mol. The Labute approximate surface area is 117 Å². The lowest BCUT2D eigenvalue weighted by Crippen LogP contribution is -1.88. The van der Waals surface area contributed by atoms with E-state index in [1.807, 2.05) is 12.1 Å². The van der Waals surface area contributed by atoms with Gasteiger partial charge in [0.2, 0.25) is 0 Å². The lowest BCUT2D eigenvalue weighted by atomic mass is 10.1. The summed E-state index contributed by atoms with van der Waals surface area (Å²) in [6.45, 7) is 0. The van der Waals surface area contributed by atoms with Gasteiger partial charge in [-0.3, -0.25) is 4.98 Å². The predicted molar refractivity (Wildman–Crippen MR) is 75.1 cm³/mol. The van der Waals surface area contributed by atoms with Crippen LogP contribution in [0.15, 0.2) is 42.7 Å². The monoisotopic (exact) mass is 289 g/mol. The number of thiazole rings is 1. The fourth-order valence-electron chi connectivity index (χ4n) is 1.87. The summed E-state index contributed by atoms with van der Waals surface area (Å²) in [6.07, 6.45) is 3.31. The zero-order valence-corrected chi connectivity index (χ0v) is 11.0. The number of benzene rings is 1. The second-order valence-electron chi connectivity index (χ2n) is 4.09. The summed E-state index contributed by atoms with van der Waals surface area (Å²) in [6, 6.07) is 7.31. The summed E-state index contributed by atoms with van der Waals surface area (Å²) >= 11 is 1.30. The van der Waals surface area contributed by atoms with E-state index in [4.69, 9.17) is 5.73 Å². The molecule has 0 atom stereocenters. The second kappa shape index (κ2) is 4.97. The average Bonchev–Trinajstić information content (AvgIpc) is 2.85. The van der Waals surface area contributed by atoms with Gasteiger partial charge in [0.05, 0.1) is 10.6 Å². The van der Waals surface area contributed by atoms with Crippen molar-refractivity contribution in [2.75, 3.05) is 5.73 Å². The predicted octanol–water partition coefficient (Wildman–Crippen LogP) is 3.73. The van der Waals surface area contributed by atoms with Crippen molar-refractivity contribution in [2.45, 2.75) is 0 Å². The van der Waals surface area contributed by atoms with Crippen molar-refractivity contribution >= 4 is 16.5 Å². The molecule has 0 spiro atoms. The first-order valence-corrected chi connectivity index (χ1v) is 6.59. The number of halogens is 2. The van der Waals surface area contributed by atoms with Gasteiger partial charge in [0.1, 0.15) is 0 Å². The van der Waals surface area contributed by atoms with Gasteiger partial charge in [0.15, 0.2) is 16.8 Å².